The highest BCUT2D eigenvalue weighted by Gasteiger charge is 2.15. The molecule has 1 unspecified atom stereocenters. The summed E-state index contributed by atoms with van der Waals surface area (Å²) in [4.78, 5) is 0.334. The number of rotatable bonds is 4. The third-order valence-corrected chi connectivity index (χ3v) is 4.67. The average Bonchev–Trinajstić information content (AvgIpc) is 2.39. The Hall–Kier alpha value is -1.65. The van der Waals surface area contributed by atoms with Gasteiger partial charge >= 0.3 is 0 Å². The number of sulfone groups is 1. The van der Waals surface area contributed by atoms with Crippen molar-refractivity contribution in [3.63, 3.8) is 0 Å². The van der Waals surface area contributed by atoms with E-state index >= 15 is 0 Å². The van der Waals surface area contributed by atoms with Crippen molar-refractivity contribution >= 4 is 9.84 Å². The molecule has 0 spiro atoms. The van der Waals surface area contributed by atoms with Crippen LogP contribution in [0.25, 0.3) is 0 Å². The summed E-state index contributed by atoms with van der Waals surface area (Å²) in [5.41, 5.74) is 7.47. The molecule has 19 heavy (non-hydrogen) atoms. The second-order valence-corrected chi connectivity index (χ2v) is 6.59. The Bertz CT molecular complexity index is 632. The highest BCUT2D eigenvalue weighted by molar-refractivity contribution is 7.90. The third-order valence-electron chi connectivity index (χ3n) is 2.96. The second-order valence-electron chi connectivity index (χ2n) is 4.60. The molecule has 0 fully saturated rings. The standard InChI is InChI=1S/C15H17NO2S/c1-12(16)14-7-9-15(10-8-14)19(17,18)11-13-5-3-2-4-6-13/h2-10,12H,11,16H2,1H3. The summed E-state index contributed by atoms with van der Waals surface area (Å²) in [5, 5.41) is 0. The lowest BCUT2D eigenvalue weighted by Crippen LogP contribution is -2.07. The van der Waals surface area contributed by atoms with Gasteiger partial charge in [-0.2, -0.15) is 0 Å². The van der Waals surface area contributed by atoms with Crippen molar-refractivity contribution in [3.05, 3.63) is 65.7 Å². The average molecular weight is 275 g/mol. The smallest absolute Gasteiger partial charge is 0.182 e. The van der Waals surface area contributed by atoms with Crippen LogP contribution in [0, 0.1) is 0 Å². The molecule has 0 bridgehead atoms. The van der Waals surface area contributed by atoms with Gasteiger partial charge < -0.3 is 5.73 Å². The normalized spacial score (nSPS) is 13.2. The van der Waals surface area contributed by atoms with E-state index in [1.807, 2.05) is 37.3 Å². The Balaban J connectivity index is 2.25. The van der Waals surface area contributed by atoms with Gasteiger partial charge in [-0.05, 0) is 30.2 Å². The molecule has 2 rings (SSSR count). The lowest BCUT2D eigenvalue weighted by Gasteiger charge is -2.08. The molecule has 0 heterocycles. The van der Waals surface area contributed by atoms with E-state index in [4.69, 9.17) is 5.73 Å². The molecule has 3 nitrogen and oxygen atoms in total. The van der Waals surface area contributed by atoms with Crippen LogP contribution in [-0.2, 0) is 15.6 Å². The summed E-state index contributed by atoms with van der Waals surface area (Å²) >= 11 is 0. The van der Waals surface area contributed by atoms with E-state index in [0.29, 0.717) is 4.90 Å². The first kappa shape index (κ1) is 13.8. The zero-order valence-corrected chi connectivity index (χ0v) is 11.6. The summed E-state index contributed by atoms with van der Waals surface area (Å²) in [5.74, 6) is 0.0192. The van der Waals surface area contributed by atoms with Gasteiger partial charge in [-0.25, -0.2) is 8.42 Å². The maximum Gasteiger partial charge on any atom is 0.182 e. The Labute approximate surface area is 114 Å². The molecule has 0 aliphatic heterocycles. The minimum Gasteiger partial charge on any atom is -0.324 e. The molecular weight excluding hydrogens is 258 g/mol. The van der Waals surface area contributed by atoms with Crippen molar-refractivity contribution in [3.8, 4) is 0 Å². The fourth-order valence-corrected chi connectivity index (χ4v) is 3.20. The first-order valence-electron chi connectivity index (χ1n) is 6.11. The summed E-state index contributed by atoms with van der Waals surface area (Å²) in [6.07, 6.45) is 0. The van der Waals surface area contributed by atoms with Crippen LogP contribution in [-0.4, -0.2) is 8.42 Å². The van der Waals surface area contributed by atoms with Gasteiger partial charge in [-0.3, -0.25) is 0 Å². The Kier molecular flexibility index (Phi) is 4.02. The minimum atomic E-state index is -3.30. The van der Waals surface area contributed by atoms with Gasteiger partial charge in [0.05, 0.1) is 10.6 Å². The topological polar surface area (TPSA) is 60.2 Å². The molecule has 2 aromatic rings. The van der Waals surface area contributed by atoms with Crippen LogP contribution < -0.4 is 5.73 Å². The molecule has 2 aromatic carbocycles. The maximum atomic E-state index is 12.3. The number of nitrogens with two attached hydrogens (primary N) is 1. The molecular formula is C15H17NO2S. The molecule has 0 saturated carbocycles. The van der Waals surface area contributed by atoms with E-state index < -0.39 is 9.84 Å². The third kappa shape index (κ3) is 3.43. The summed E-state index contributed by atoms with van der Waals surface area (Å²) < 4.78 is 24.5. The van der Waals surface area contributed by atoms with Crippen LogP contribution in [0.3, 0.4) is 0 Å². The lowest BCUT2D eigenvalue weighted by molar-refractivity contribution is 0.595. The van der Waals surface area contributed by atoms with Gasteiger partial charge in [0.1, 0.15) is 0 Å². The van der Waals surface area contributed by atoms with Crippen molar-refractivity contribution in [1.82, 2.24) is 0 Å². The van der Waals surface area contributed by atoms with Crippen molar-refractivity contribution in [2.24, 2.45) is 5.73 Å². The molecule has 2 N–H and O–H groups in total. The van der Waals surface area contributed by atoms with Gasteiger partial charge in [0.15, 0.2) is 9.84 Å². The SMILES string of the molecule is CC(N)c1ccc(S(=O)(=O)Cc2ccccc2)cc1. The number of benzene rings is 2. The van der Waals surface area contributed by atoms with Crippen molar-refractivity contribution in [1.29, 1.82) is 0 Å². The van der Waals surface area contributed by atoms with Crippen LogP contribution in [0.1, 0.15) is 24.1 Å². The first-order chi connectivity index (χ1) is 8.99. The van der Waals surface area contributed by atoms with Gasteiger partial charge in [-0.1, -0.05) is 42.5 Å². The van der Waals surface area contributed by atoms with Crippen molar-refractivity contribution in [2.45, 2.75) is 23.6 Å². The monoisotopic (exact) mass is 275 g/mol. The zero-order chi connectivity index (χ0) is 13.9. The van der Waals surface area contributed by atoms with Crippen LogP contribution in [0.4, 0.5) is 0 Å². The molecule has 0 amide bonds. The molecule has 4 heteroatoms. The molecule has 1 atom stereocenters. The summed E-state index contributed by atoms with van der Waals surface area (Å²) in [6.45, 7) is 1.87. The maximum absolute atomic E-state index is 12.3. The second kappa shape index (κ2) is 5.55. The minimum absolute atomic E-state index is 0.0192. The van der Waals surface area contributed by atoms with Crippen LogP contribution in [0.15, 0.2) is 59.5 Å². The van der Waals surface area contributed by atoms with Gasteiger partial charge in [0.25, 0.3) is 0 Å². The fraction of sp³-hybridized carbons (Fsp3) is 0.200. The van der Waals surface area contributed by atoms with Crippen LogP contribution >= 0.6 is 0 Å². The molecule has 100 valence electrons. The fourth-order valence-electron chi connectivity index (χ4n) is 1.86. The first-order valence-corrected chi connectivity index (χ1v) is 7.76. The van der Waals surface area contributed by atoms with Gasteiger partial charge in [0, 0.05) is 6.04 Å². The predicted octanol–water partition coefficient (Wildman–Crippen LogP) is 2.68. The largest absolute Gasteiger partial charge is 0.324 e. The summed E-state index contributed by atoms with van der Waals surface area (Å²) in [7, 11) is -3.30. The Morgan fingerprint density at radius 1 is 1.00 bits per heavy atom. The van der Waals surface area contributed by atoms with Gasteiger partial charge in [-0.15, -0.1) is 0 Å². The lowest BCUT2D eigenvalue weighted by atomic mass is 10.1. The molecule has 0 aromatic heterocycles. The Morgan fingerprint density at radius 2 is 1.58 bits per heavy atom. The predicted molar refractivity (Wildman–Crippen MR) is 76.4 cm³/mol. The van der Waals surface area contributed by atoms with Crippen LogP contribution in [0.2, 0.25) is 0 Å². The molecule has 0 saturated heterocycles. The van der Waals surface area contributed by atoms with E-state index in [1.54, 1.807) is 24.3 Å². The van der Waals surface area contributed by atoms with E-state index in [2.05, 4.69) is 0 Å². The quantitative estimate of drug-likeness (QED) is 0.933. The van der Waals surface area contributed by atoms with E-state index in [-0.39, 0.29) is 11.8 Å². The van der Waals surface area contributed by atoms with Crippen LogP contribution in [0.5, 0.6) is 0 Å². The summed E-state index contributed by atoms with van der Waals surface area (Å²) in [6, 6.07) is 15.9. The molecule has 0 aliphatic carbocycles. The van der Waals surface area contributed by atoms with Crippen molar-refractivity contribution < 1.29 is 8.42 Å². The molecule has 0 aliphatic rings. The Morgan fingerprint density at radius 3 is 2.11 bits per heavy atom. The van der Waals surface area contributed by atoms with E-state index in [9.17, 15) is 8.42 Å². The van der Waals surface area contributed by atoms with E-state index in [1.165, 1.54) is 0 Å². The number of hydrogen-bond donors (Lipinski definition) is 1. The highest BCUT2D eigenvalue weighted by atomic mass is 32.2. The highest BCUT2D eigenvalue weighted by Crippen LogP contribution is 2.18. The van der Waals surface area contributed by atoms with Crippen molar-refractivity contribution in [2.75, 3.05) is 0 Å². The zero-order valence-electron chi connectivity index (χ0n) is 10.8. The van der Waals surface area contributed by atoms with E-state index in [0.717, 1.165) is 11.1 Å². The molecule has 0 radical (unpaired) electrons. The van der Waals surface area contributed by atoms with Gasteiger partial charge in [0.2, 0.25) is 0 Å². The number of hydrogen-bond acceptors (Lipinski definition) is 3.